The molecule has 21 heavy (non-hydrogen) atoms. The summed E-state index contributed by atoms with van der Waals surface area (Å²) in [7, 11) is 0. The molecule has 0 radical (unpaired) electrons. The van der Waals surface area contributed by atoms with E-state index in [4.69, 9.17) is 17.3 Å². The number of anilines is 2. The van der Waals surface area contributed by atoms with Crippen molar-refractivity contribution in [3.05, 3.63) is 58.4 Å². The molecule has 2 aromatic carbocycles. The molecule has 2 aromatic rings. The van der Waals surface area contributed by atoms with Gasteiger partial charge in [-0.2, -0.15) is 0 Å². The van der Waals surface area contributed by atoms with Crippen LogP contribution in [0.3, 0.4) is 0 Å². The van der Waals surface area contributed by atoms with Gasteiger partial charge in [0.1, 0.15) is 5.82 Å². The first-order valence-corrected chi connectivity index (χ1v) is 7.06. The van der Waals surface area contributed by atoms with Crippen molar-refractivity contribution in [2.75, 3.05) is 17.2 Å². The molecule has 5 heteroatoms. The highest BCUT2D eigenvalue weighted by Gasteiger charge is 2.27. The lowest BCUT2D eigenvalue weighted by Crippen LogP contribution is -2.31. The molecule has 0 saturated heterocycles. The fourth-order valence-electron chi connectivity index (χ4n) is 2.68. The van der Waals surface area contributed by atoms with Crippen molar-refractivity contribution < 1.29 is 9.18 Å². The highest BCUT2D eigenvalue weighted by molar-refractivity contribution is 6.31. The number of nitrogens with zero attached hydrogens (tertiary/aromatic N) is 1. The van der Waals surface area contributed by atoms with Crippen LogP contribution >= 0.6 is 11.6 Å². The van der Waals surface area contributed by atoms with Gasteiger partial charge in [-0.25, -0.2) is 4.39 Å². The van der Waals surface area contributed by atoms with E-state index in [-0.39, 0.29) is 22.9 Å². The number of benzene rings is 2. The smallest absolute Gasteiger partial charge is 0.231 e. The monoisotopic (exact) mass is 304 g/mol. The van der Waals surface area contributed by atoms with Gasteiger partial charge in [0.05, 0.1) is 17.8 Å². The topological polar surface area (TPSA) is 46.3 Å². The van der Waals surface area contributed by atoms with Crippen LogP contribution in [0.15, 0.2) is 36.4 Å². The molecule has 0 aliphatic carbocycles. The molecule has 0 unspecified atom stereocenters. The molecule has 1 heterocycles. The van der Waals surface area contributed by atoms with Gasteiger partial charge < -0.3 is 10.6 Å². The molecule has 1 amide bonds. The van der Waals surface area contributed by atoms with Crippen LogP contribution in [-0.4, -0.2) is 12.5 Å². The van der Waals surface area contributed by atoms with Crippen molar-refractivity contribution >= 4 is 28.9 Å². The molecular formula is C16H14ClFN2O. The maximum Gasteiger partial charge on any atom is 0.231 e. The van der Waals surface area contributed by atoms with Gasteiger partial charge in [0.25, 0.3) is 0 Å². The van der Waals surface area contributed by atoms with Gasteiger partial charge in [-0.15, -0.1) is 0 Å². The van der Waals surface area contributed by atoms with Crippen molar-refractivity contribution in [3.63, 3.8) is 0 Å². The first-order valence-electron chi connectivity index (χ1n) is 6.68. The van der Waals surface area contributed by atoms with Gasteiger partial charge in [0.2, 0.25) is 5.91 Å². The molecule has 0 atom stereocenters. The first kappa shape index (κ1) is 13.9. The van der Waals surface area contributed by atoms with Crippen LogP contribution in [0, 0.1) is 5.82 Å². The second-order valence-corrected chi connectivity index (χ2v) is 5.43. The van der Waals surface area contributed by atoms with Gasteiger partial charge in [-0.3, -0.25) is 4.79 Å². The Morgan fingerprint density at radius 2 is 2.05 bits per heavy atom. The zero-order valence-corrected chi connectivity index (χ0v) is 12.0. The number of halogens is 2. The van der Waals surface area contributed by atoms with E-state index in [1.54, 1.807) is 17.0 Å². The summed E-state index contributed by atoms with van der Waals surface area (Å²) in [4.78, 5) is 14.1. The lowest BCUT2D eigenvalue weighted by molar-refractivity contribution is -0.117. The molecule has 1 aliphatic rings. The summed E-state index contributed by atoms with van der Waals surface area (Å²) >= 11 is 5.98. The Balaban J connectivity index is 1.89. The molecule has 2 N–H and O–H groups in total. The van der Waals surface area contributed by atoms with Crippen LogP contribution < -0.4 is 10.6 Å². The molecule has 0 aromatic heterocycles. The van der Waals surface area contributed by atoms with Crippen LogP contribution in [0.2, 0.25) is 5.02 Å². The van der Waals surface area contributed by atoms with E-state index in [0.717, 1.165) is 17.7 Å². The van der Waals surface area contributed by atoms with E-state index in [1.807, 2.05) is 12.1 Å². The minimum atomic E-state index is -0.462. The Morgan fingerprint density at radius 3 is 2.81 bits per heavy atom. The van der Waals surface area contributed by atoms with Crippen molar-refractivity contribution in [1.29, 1.82) is 0 Å². The molecule has 0 fully saturated rings. The van der Waals surface area contributed by atoms with Gasteiger partial charge in [-0.1, -0.05) is 29.8 Å². The molecule has 3 rings (SSSR count). The fraction of sp³-hybridized carbons (Fsp3) is 0.188. The number of carbonyl (C=O) groups excluding carboxylic acids is 1. The predicted octanol–water partition coefficient (Wildman–Crippen LogP) is 3.19. The summed E-state index contributed by atoms with van der Waals surface area (Å²) in [5.74, 6) is -0.657. The normalized spacial score (nSPS) is 13.3. The van der Waals surface area contributed by atoms with Gasteiger partial charge in [-0.05, 0) is 30.2 Å². The third-order valence-corrected chi connectivity index (χ3v) is 4.07. The van der Waals surface area contributed by atoms with Crippen molar-refractivity contribution in [2.45, 2.75) is 12.8 Å². The van der Waals surface area contributed by atoms with Gasteiger partial charge >= 0.3 is 0 Å². The molecule has 1 aliphatic heterocycles. The average molecular weight is 305 g/mol. The summed E-state index contributed by atoms with van der Waals surface area (Å²) in [6, 6.07) is 10.0. The minimum Gasteiger partial charge on any atom is -0.397 e. The molecule has 3 nitrogen and oxygen atoms in total. The van der Waals surface area contributed by atoms with Crippen LogP contribution in [0.4, 0.5) is 15.8 Å². The van der Waals surface area contributed by atoms with Crippen LogP contribution in [-0.2, 0) is 17.6 Å². The van der Waals surface area contributed by atoms with Crippen molar-refractivity contribution in [2.24, 2.45) is 0 Å². The zero-order valence-electron chi connectivity index (χ0n) is 11.3. The fourth-order valence-corrected chi connectivity index (χ4v) is 2.91. The number of carbonyl (C=O) groups is 1. The Bertz CT molecular complexity index is 697. The average Bonchev–Trinajstić information content (AvgIpc) is 2.88. The third kappa shape index (κ3) is 2.47. The Labute approximate surface area is 127 Å². The maximum atomic E-state index is 13.8. The second-order valence-electron chi connectivity index (χ2n) is 5.03. The van der Waals surface area contributed by atoms with Gasteiger partial charge in [0.15, 0.2) is 0 Å². The van der Waals surface area contributed by atoms with E-state index in [0.29, 0.717) is 12.2 Å². The second kappa shape index (κ2) is 5.37. The summed E-state index contributed by atoms with van der Waals surface area (Å²) < 4.78 is 13.8. The number of hydrogen-bond acceptors (Lipinski definition) is 2. The highest BCUT2D eigenvalue weighted by Crippen LogP contribution is 2.34. The van der Waals surface area contributed by atoms with Crippen LogP contribution in [0.5, 0.6) is 0 Å². The number of rotatable bonds is 2. The summed E-state index contributed by atoms with van der Waals surface area (Å²) in [5, 5.41) is 0.267. The molecule has 0 spiro atoms. The molecular weight excluding hydrogens is 291 g/mol. The number of para-hydroxylation sites is 1. The Hall–Kier alpha value is -2.07. The van der Waals surface area contributed by atoms with E-state index < -0.39 is 5.82 Å². The zero-order chi connectivity index (χ0) is 15.0. The molecule has 108 valence electrons. The summed E-state index contributed by atoms with van der Waals surface area (Å²) in [6.07, 6.45) is 0.691. The van der Waals surface area contributed by atoms with E-state index in [2.05, 4.69) is 0 Å². The van der Waals surface area contributed by atoms with E-state index >= 15 is 0 Å². The van der Waals surface area contributed by atoms with E-state index in [1.165, 1.54) is 12.1 Å². The lowest BCUT2D eigenvalue weighted by atomic mass is 10.1. The van der Waals surface area contributed by atoms with Crippen molar-refractivity contribution in [3.8, 4) is 0 Å². The number of nitrogen functional groups attached to an aromatic ring is 1. The highest BCUT2D eigenvalue weighted by atomic mass is 35.5. The largest absolute Gasteiger partial charge is 0.397 e. The van der Waals surface area contributed by atoms with Gasteiger partial charge in [0, 0.05) is 17.1 Å². The Kier molecular flexibility index (Phi) is 3.55. The number of amides is 1. The van der Waals surface area contributed by atoms with Crippen molar-refractivity contribution in [1.82, 2.24) is 0 Å². The number of fused-ring (bicyclic) bond motifs is 1. The quantitative estimate of drug-likeness (QED) is 0.866. The Morgan fingerprint density at radius 1 is 1.29 bits per heavy atom. The standard InChI is InChI=1S/C16H14ClFN2O/c17-12-4-2-5-13(18)11(12)9-15(21)20-8-7-10-3-1-6-14(19)16(10)20/h1-6H,7-9,19H2. The van der Waals surface area contributed by atoms with E-state index in [9.17, 15) is 9.18 Å². The number of nitrogens with two attached hydrogens (primary N) is 1. The maximum absolute atomic E-state index is 13.8. The summed E-state index contributed by atoms with van der Waals surface area (Å²) in [6.45, 7) is 0.564. The lowest BCUT2D eigenvalue weighted by Gasteiger charge is -2.19. The third-order valence-electron chi connectivity index (χ3n) is 3.72. The first-order chi connectivity index (χ1) is 10.1. The molecule has 0 saturated carbocycles. The predicted molar refractivity (Wildman–Crippen MR) is 82.0 cm³/mol. The minimum absolute atomic E-state index is 0.0702. The van der Waals surface area contributed by atoms with Crippen LogP contribution in [0.1, 0.15) is 11.1 Å². The molecule has 0 bridgehead atoms. The number of hydrogen-bond donors (Lipinski definition) is 1. The summed E-state index contributed by atoms with van der Waals surface area (Å²) in [5.41, 5.74) is 8.55. The SMILES string of the molecule is Nc1cccc2c1N(C(=O)Cc1c(F)cccc1Cl)CC2. The van der Waals surface area contributed by atoms with Crippen LogP contribution in [0.25, 0.3) is 0 Å².